The Hall–Kier alpha value is -3.81. The molecule has 1 atom stereocenters. The van der Waals surface area contributed by atoms with Gasteiger partial charge in [0.2, 0.25) is 0 Å². The van der Waals surface area contributed by atoms with Gasteiger partial charge in [-0.25, -0.2) is 0 Å². The van der Waals surface area contributed by atoms with E-state index in [9.17, 15) is 4.79 Å². The van der Waals surface area contributed by atoms with Gasteiger partial charge in [-0.3, -0.25) is 4.79 Å². The highest BCUT2D eigenvalue weighted by atomic mass is 16.5. The van der Waals surface area contributed by atoms with E-state index >= 15 is 0 Å². The van der Waals surface area contributed by atoms with Crippen molar-refractivity contribution in [2.75, 3.05) is 45.3 Å². The van der Waals surface area contributed by atoms with Crippen molar-refractivity contribution in [3.8, 4) is 28.5 Å². The third-order valence-electron chi connectivity index (χ3n) is 6.24. The number of amides is 1. The van der Waals surface area contributed by atoms with Crippen LogP contribution < -0.4 is 19.1 Å². The molecule has 2 heterocycles. The van der Waals surface area contributed by atoms with Gasteiger partial charge in [-0.05, 0) is 61.4 Å². The Kier molecular flexibility index (Phi) is 7.70. The lowest BCUT2D eigenvalue weighted by Crippen LogP contribution is -2.52. The molecule has 0 N–H and O–H groups in total. The van der Waals surface area contributed by atoms with Crippen molar-refractivity contribution in [3.05, 3.63) is 60.2 Å². The summed E-state index contributed by atoms with van der Waals surface area (Å²) in [5, 5.41) is 8.84. The van der Waals surface area contributed by atoms with Gasteiger partial charge in [0.25, 0.3) is 5.91 Å². The smallest absolute Gasteiger partial charge is 0.263 e. The molecule has 4 rings (SSSR count). The molecule has 8 nitrogen and oxygen atoms in total. The van der Waals surface area contributed by atoms with Crippen LogP contribution >= 0.6 is 0 Å². The summed E-state index contributed by atoms with van der Waals surface area (Å²) < 4.78 is 16.6. The lowest BCUT2D eigenvalue weighted by molar-refractivity contribution is -0.138. The third kappa shape index (κ3) is 5.65. The standard InChI is InChI=1S/C27H32N4O4/c1-5-20-6-9-22(10-7-20)35-19(2)27(32)31-16-14-30(15-17-31)26-13-11-23(28-29-26)21-8-12-24(33-3)25(18-21)34-4/h6-13,18-19H,5,14-17H2,1-4H3. The number of benzene rings is 2. The van der Waals surface area contributed by atoms with Crippen LogP contribution in [-0.4, -0.2) is 67.5 Å². The fourth-order valence-electron chi connectivity index (χ4n) is 4.11. The zero-order valence-electron chi connectivity index (χ0n) is 20.7. The summed E-state index contributed by atoms with van der Waals surface area (Å²) in [5.74, 6) is 2.82. The Bertz CT molecular complexity index is 1130. The van der Waals surface area contributed by atoms with E-state index in [4.69, 9.17) is 14.2 Å². The number of piperazine rings is 1. The van der Waals surface area contributed by atoms with Gasteiger partial charge in [0.05, 0.1) is 19.9 Å². The molecule has 0 saturated carbocycles. The molecule has 1 aromatic heterocycles. The van der Waals surface area contributed by atoms with Crippen molar-refractivity contribution in [2.24, 2.45) is 0 Å². The first kappa shape index (κ1) is 24.3. The van der Waals surface area contributed by atoms with E-state index in [1.807, 2.05) is 59.5 Å². The average Bonchev–Trinajstić information content (AvgIpc) is 2.92. The van der Waals surface area contributed by atoms with Gasteiger partial charge in [0.15, 0.2) is 23.4 Å². The molecule has 8 heteroatoms. The first-order chi connectivity index (χ1) is 17.0. The number of methoxy groups -OCH3 is 2. The summed E-state index contributed by atoms with van der Waals surface area (Å²) in [5.41, 5.74) is 2.89. The van der Waals surface area contributed by atoms with Crippen LogP contribution in [0.5, 0.6) is 17.2 Å². The van der Waals surface area contributed by atoms with E-state index in [1.165, 1.54) is 5.56 Å². The lowest BCUT2D eigenvalue weighted by atomic mass is 10.1. The summed E-state index contributed by atoms with van der Waals surface area (Å²) in [6.45, 7) is 6.52. The van der Waals surface area contributed by atoms with Crippen LogP contribution in [0.3, 0.4) is 0 Å². The Labute approximate surface area is 206 Å². The van der Waals surface area contributed by atoms with Crippen LogP contribution in [0.2, 0.25) is 0 Å². The highest BCUT2D eigenvalue weighted by Crippen LogP contribution is 2.31. The number of rotatable bonds is 8. The molecule has 1 aliphatic heterocycles. The van der Waals surface area contributed by atoms with Crippen molar-refractivity contribution >= 4 is 11.7 Å². The number of hydrogen-bond donors (Lipinski definition) is 0. The minimum atomic E-state index is -0.533. The van der Waals surface area contributed by atoms with E-state index < -0.39 is 6.10 Å². The van der Waals surface area contributed by atoms with Crippen LogP contribution in [-0.2, 0) is 11.2 Å². The van der Waals surface area contributed by atoms with Gasteiger partial charge in [-0.1, -0.05) is 19.1 Å². The van der Waals surface area contributed by atoms with Crippen LogP contribution in [0.4, 0.5) is 5.82 Å². The van der Waals surface area contributed by atoms with Crippen molar-refractivity contribution in [2.45, 2.75) is 26.4 Å². The molecule has 0 spiro atoms. The van der Waals surface area contributed by atoms with Crippen molar-refractivity contribution < 1.29 is 19.0 Å². The van der Waals surface area contributed by atoms with Crippen LogP contribution in [0.25, 0.3) is 11.3 Å². The first-order valence-electron chi connectivity index (χ1n) is 11.9. The normalized spacial score (nSPS) is 14.4. The molecule has 35 heavy (non-hydrogen) atoms. The molecule has 0 radical (unpaired) electrons. The summed E-state index contributed by atoms with van der Waals surface area (Å²) in [4.78, 5) is 16.9. The van der Waals surface area contributed by atoms with E-state index in [0.29, 0.717) is 43.4 Å². The molecule has 3 aromatic rings. The fourth-order valence-corrected chi connectivity index (χ4v) is 4.11. The number of ether oxygens (including phenoxy) is 3. The Morgan fingerprint density at radius 3 is 2.23 bits per heavy atom. The molecule has 0 bridgehead atoms. The fraction of sp³-hybridized carbons (Fsp3) is 0.370. The predicted molar refractivity (Wildman–Crippen MR) is 135 cm³/mol. The topological polar surface area (TPSA) is 77.0 Å². The largest absolute Gasteiger partial charge is 0.493 e. The second kappa shape index (κ2) is 11.1. The first-order valence-corrected chi connectivity index (χ1v) is 11.9. The molecule has 1 unspecified atom stereocenters. The van der Waals surface area contributed by atoms with E-state index in [2.05, 4.69) is 22.0 Å². The summed E-state index contributed by atoms with van der Waals surface area (Å²) >= 11 is 0. The van der Waals surface area contributed by atoms with Gasteiger partial charge in [0.1, 0.15) is 5.75 Å². The Morgan fingerprint density at radius 2 is 1.63 bits per heavy atom. The zero-order valence-corrected chi connectivity index (χ0v) is 20.7. The summed E-state index contributed by atoms with van der Waals surface area (Å²) in [6, 6.07) is 17.5. The maximum atomic E-state index is 12.9. The maximum Gasteiger partial charge on any atom is 0.263 e. The van der Waals surface area contributed by atoms with E-state index in [0.717, 1.165) is 23.5 Å². The average molecular weight is 477 g/mol. The maximum absolute atomic E-state index is 12.9. The molecule has 1 fully saturated rings. The SMILES string of the molecule is CCc1ccc(OC(C)C(=O)N2CCN(c3ccc(-c4ccc(OC)c(OC)c4)nn3)CC2)cc1. The quantitative estimate of drug-likeness (QED) is 0.489. The molecule has 1 saturated heterocycles. The molecule has 2 aromatic carbocycles. The number of carbonyl (C=O) groups is 1. The van der Waals surface area contributed by atoms with Gasteiger partial charge < -0.3 is 24.0 Å². The minimum Gasteiger partial charge on any atom is -0.493 e. The van der Waals surface area contributed by atoms with Crippen molar-refractivity contribution in [1.82, 2.24) is 15.1 Å². The summed E-state index contributed by atoms with van der Waals surface area (Å²) in [7, 11) is 3.22. The number of aromatic nitrogens is 2. The molecule has 1 aliphatic rings. The third-order valence-corrected chi connectivity index (χ3v) is 6.24. The highest BCUT2D eigenvalue weighted by Gasteiger charge is 2.26. The summed E-state index contributed by atoms with van der Waals surface area (Å²) in [6.07, 6.45) is 0.442. The number of hydrogen-bond acceptors (Lipinski definition) is 7. The van der Waals surface area contributed by atoms with Crippen molar-refractivity contribution in [3.63, 3.8) is 0 Å². The number of carbonyl (C=O) groups excluding carboxylic acids is 1. The lowest BCUT2D eigenvalue weighted by Gasteiger charge is -2.36. The molecular formula is C27H32N4O4. The second-order valence-corrected chi connectivity index (χ2v) is 8.42. The molecular weight excluding hydrogens is 444 g/mol. The van der Waals surface area contributed by atoms with Crippen LogP contribution in [0, 0.1) is 0 Å². The van der Waals surface area contributed by atoms with Gasteiger partial charge >= 0.3 is 0 Å². The van der Waals surface area contributed by atoms with E-state index in [1.54, 1.807) is 21.1 Å². The molecule has 184 valence electrons. The number of aryl methyl sites for hydroxylation is 1. The minimum absolute atomic E-state index is 0.000830. The van der Waals surface area contributed by atoms with E-state index in [-0.39, 0.29) is 5.91 Å². The number of nitrogens with zero attached hydrogens (tertiary/aromatic N) is 4. The number of anilines is 1. The van der Waals surface area contributed by atoms with Gasteiger partial charge in [0, 0.05) is 31.7 Å². The Morgan fingerprint density at radius 1 is 0.914 bits per heavy atom. The van der Waals surface area contributed by atoms with Crippen LogP contribution in [0.1, 0.15) is 19.4 Å². The van der Waals surface area contributed by atoms with Crippen molar-refractivity contribution in [1.29, 1.82) is 0 Å². The monoisotopic (exact) mass is 476 g/mol. The molecule has 0 aliphatic carbocycles. The highest BCUT2D eigenvalue weighted by molar-refractivity contribution is 5.81. The Balaban J connectivity index is 1.33. The second-order valence-electron chi connectivity index (χ2n) is 8.42. The van der Waals surface area contributed by atoms with Gasteiger partial charge in [-0.15, -0.1) is 10.2 Å². The van der Waals surface area contributed by atoms with Crippen LogP contribution in [0.15, 0.2) is 54.6 Å². The predicted octanol–water partition coefficient (Wildman–Crippen LogP) is 3.84. The zero-order chi connectivity index (χ0) is 24.8. The molecule has 1 amide bonds. The van der Waals surface area contributed by atoms with Gasteiger partial charge in [-0.2, -0.15) is 0 Å².